The Kier molecular flexibility index (Phi) is 12.1. The average molecular weight is 709 g/mol. The van der Waals surface area contributed by atoms with Gasteiger partial charge in [0.15, 0.2) is 18.2 Å². The van der Waals surface area contributed by atoms with Crippen LogP contribution in [0.3, 0.4) is 0 Å². The zero-order valence-corrected chi connectivity index (χ0v) is 30.0. The lowest BCUT2D eigenvalue weighted by atomic mass is 9.95. The van der Waals surface area contributed by atoms with Crippen LogP contribution in [0, 0.1) is 0 Å². The van der Waals surface area contributed by atoms with E-state index in [0.717, 1.165) is 22.3 Å². The molecule has 4 aromatic carbocycles. The summed E-state index contributed by atoms with van der Waals surface area (Å²) in [4.78, 5) is 0. The first-order valence-electron chi connectivity index (χ1n) is 18.0. The maximum absolute atomic E-state index is 6.93. The Bertz CT molecular complexity index is 1690. The number of hydrogen-bond acceptors (Lipinski definition) is 9. The van der Waals surface area contributed by atoms with Crippen molar-refractivity contribution in [2.45, 2.75) is 95.1 Å². The molecule has 3 aliphatic heterocycles. The Morgan fingerprint density at radius 2 is 1.08 bits per heavy atom. The molecular formula is C43H48O9. The highest BCUT2D eigenvalue weighted by molar-refractivity contribution is 5.20. The Labute approximate surface area is 306 Å². The normalized spacial score (nSPS) is 28.8. The van der Waals surface area contributed by atoms with E-state index in [9.17, 15) is 0 Å². The number of benzene rings is 4. The van der Waals surface area contributed by atoms with Crippen LogP contribution in [0.4, 0.5) is 0 Å². The van der Waals surface area contributed by atoms with E-state index in [1.54, 1.807) is 7.11 Å². The highest BCUT2D eigenvalue weighted by Crippen LogP contribution is 2.41. The smallest absolute Gasteiger partial charge is 0.187 e. The van der Waals surface area contributed by atoms with Crippen LogP contribution in [0.2, 0.25) is 0 Å². The van der Waals surface area contributed by atoms with E-state index in [2.05, 4.69) is 0 Å². The second-order valence-corrected chi connectivity index (χ2v) is 13.7. The SMILES string of the molecule is CO[C@@H]1O[C@@H](/C=C2\O[C@H](COCc3ccccc3)[C@@H](OCc3ccccc3)[C@H](OCc3ccccc3)[C@H]2OCc2ccccc2)[C@H]2OC(C)(C)O[C@@H]12. The first kappa shape index (κ1) is 36.5. The maximum atomic E-state index is 6.93. The van der Waals surface area contributed by atoms with Crippen LogP contribution in [0.15, 0.2) is 133 Å². The number of fused-ring (bicyclic) bond motifs is 1. The molecule has 3 heterocycles. The van der Waals surface area contributed by atoms with Crippen molar-refractivity contribution in [3.8, 4) is 0 Å². The van der Waals surface area contributed by atoms with E-state index in [-0.39, 0.29) is 6.61 Å². The van der Waals surface area contributed by atoms with Crippen molar-refractivity contribution in [3.05, 3.63) is 155 Å². The zero-order valence-electron chi connectivity index (χ0n) is 30.0. The predicted molar refractivity (Wildman–Crippen MR) is 194 cm³/mol. The Hall–Kier alpha value is -3.90. The van der Waals surface area contributed by atoms with E-state index in [0.29, 0.717) is 32.2 Å². The fourth-order valence-electron chi connectivity index (χ4n) is 6.92. The summed E-state index contributed by atoms with van der Waals surface area (Å²) >= 11 is 0. The highest BCUT2D eigenvalue weighted by atomic mass is 16.8. The molecule has 0 radical (unpaired) electrons. The van der Waals surface area contributed by atoms with Crippen molar-refractivity contribution in [3.63, 3.8) is 0 Å². The van der Waals surface area contributed by atoms with Gasteiger partial charge in [-0.15, -0.1) is 0 Å². The molecule has 9 nitrogen and oxygen atoms in total. The van der Waals surface area contributed by atoms with E-state index >= 15 is 0 Å². The summed E-state index contributed by atoms with van der Waals surface area (Å²) in [5.41, 5.74) is 4.15. The standard InChI is InChI=1S/C43H48O9/c1-43(2)51-39-35(50-42(44-3)41(39)52-43)24-34-37(46-26-31-18-10-5-11-19-31)40(48-28-33-22-14-7-15-23-33)38(47-27-32-20-12-6-13-21-32)36(49-34)29-45-25-30-16-8-4-9-17-30/h4-24,35-42H,25-29H2,1-3H3/b34-24-/t35-,36+,37-,38+,39+,40+,41+,42+/m0/s1. The monoisotopic (exact) mass is 708 g/mol. The molecule has 0 aromatic heterocycles. The summed E-state index contributed by atoms with van der Waals surface area (Å²) in [5.74, 6) is -0.245. The van der Waals surface area contributed by atoms with Crippen LogP contribution in [0.5, 0.6) is 0 Å². The molecule has 0 spiro atoms. The van der Waals surface area contributed by atoms with Crippen LogP contribution in [0.25, 0.3) is 0 Å². The fraction of sp³-hybridized carbons (Fsp3) is 0.395. The van der Waals surface area contributed by atoms with Gasteiger partial charge in [0.2, 0.25) is 0 Å². The summed E-state index contributed by atoms with van der Waals surface area (Å²) < 4.78 is 58.4. The maximum Gasteiger partial charge on any atom is 0.187 e. The van der Waals surface area contributed by atoms with Gasteiger partial charge in [0.05, 0.1) is 33.0 Å². The minimum absolute atomic E-state index is 0.243. The lowest BCUT2D eigenvalue weighted by Crippen LogP contribution is -2.56. The highest BCUT2D eigenvalue weighted by Gasteiger charge is 2.56. The van der Waals surface area contributed by atoms with E-state index < -0.39 is 54.8 Å². The Morgan fingerprint density at radius 3 is 1.62 bits per heavy atom. The molecular weight excluding hydrogens is 660 g/mol. The second-order valence-electron chi connectivity index (χ2n) is 13.7. The Balaban J connectivity index is 1.24. The van der Waals surface area contributed by atoms with Crippen LogP contribution >= 0.6 is 0 Å². The minimum atomic E-state index is -0.797. The predicted octanol–water partition coefficient (Wildman–Crippen LogP) is 7.13. The molecule has 7 rings (SSSR count). The third kappa shape index (κ3) is 9.17. The average Bonchev–Trinajstić information content (AvgIpc) is 3.66. The molecule has 274 valence electrons. The number of methoxy groups -OCH3 is 1. The van der Waals surface area contributed by atoms with Gasteiger partial charge in [-0.3, -0.25) is 0 Å². The van der Waals surface area contributed by atoms with Crippen LogP contribution in [-0.4, -0.2) is 68.5 Å². The third-order valence-electron chi connectivity index (χ3n) is 9.40. The van der Waals surface area contributed by atoms with Gasteiger partial charge in [0, 0.05) is 7.11 Å². The summed E-state index contributed by atoms with van der Waals surface area (Å²) in [7, 11) is 1.61. The van der Waals surface area contributed by atoms with Crippen molar-refractivity contribution in [2.75, 3.05) is 13.7 Å². The minimum Gasteiger partial charge on any atom is -0.487 e. The quantitative estimate of drug-likeness (QED) is 0.128. The number of rotatable bonds is 15. The molecule has 8 atom stereocenters. The first-order valence-corrected chi connectivity index (χ1v) is 18.0. The van der Waals surface area contributed by atoms with Gasteiger partial charge < -0.3 is 42.6 Å². The van der Waals surface area contributed by atoms with Gasteiger partial charge in [-0.05, 0) is 42.2 Å². The fourth-order valence-corrected chi connectivity index (χ4v) is 6.92. The van der Waals surface area contributed by atoms with E-state index in [1.165, 1.54) is 0 Å². The molecule has 3 saturated heterocycles. The lowest BCUT2D eigenvalue weighted by Gasteiger charge is -2.44. The van der Waals surface area contributed by atoms with Gasteiger partial charge >= 0.3 is 0 Å². The number of hydrogen-bond donors (Lipinski definition) is 0. The van der Waals surface area contributed by atoms with Crippen molar-refractivity contribution >= 4 is 0 Å². The summed E-state index contributed by atoms with van der Waals surface area (Å²) in [6.45, 7) is 5.47. The molecule has 0 N–H and O–H groups in total. The second kappa shape index (κ2) is 17.3. The first-order chi connectivity index (χ1) is 25.5. The van der Waals surface area contributed by atoms with Crippen LogP contribution in [-0.2, 0) is 69.1 Å². The largest absolute Gasteiger partial charge is 0.487 e. The molecule has 0 amide bonds. The van der Waals surface area contributed by atoms with Gasteiger partial charge in [0.1, 0.15) is 42.4 Å². The van der Waals surface area contributed by atoms with Crippen molar-refractivity contribution in [1.82, 2.24) is 0 Å². The van der Waals surface area contributed by atoms with Crippen LogP contribution in [0.1, 0.15) is 36.1 Å². The summed E-state index contributed by atoms with van der Waals surface area (Å²) in [6.07, 6.45) is -2.43. The third-order valence-corrected chi connectivity index (χ3v) is 9.40. The van der Waals surface area contributed by atoms with Gasteiger partial charge in [-0.25, -0.2) is 0 Å². The molecule has 0 aliphatic carbocycles. The number of ether oxygens (including phenoxy) is 9. The Morgan fingerprint density at radius 1 is 0.596 bits per heavy atom. The lowest BCUT2D eigenvalue weighted by molar-refractivity contribution is -0.228. The van der Waals surface area contributed by atoms with Gasteiger partial charge in [0.25, 0.3) is 0 Å². The van der Waals surface area contributed by atoms with Crippen molar-refractivity contribution < 1.29 is 42.6 Å². The topological polar surface area (TPSA) is 83.1 Å². The van der Waals surface area contributed by atoms with Crippen LogP contribution < -0.4 is 0 Å². The molecule has 0 bridgehead atoms. The molecule has 9 heteroatoms. The van der Waals surface area contributed by atoms with Crippen molar-refractivity contribution in [2.24, 2.45) is 0 Å². The molecule has 3 aliphatic rings. The molecule has 0 unspecified atom stereocenters. The summed E-state index contributed by atoms with van der Waals surface area (Å²) in [6, 6.07) is 40.3. The molecule has 0 saturated carbocycles. The molecule has 52 heavy (non-hydrogen) atoms. The molecule has 4 aromatic rings. The van der Waals surface area contributed by atoms with Gasteiger partial charge in [-0.1, -0.05) is 121 Å². The van der Waals surface area contributed by atoms with E-state index in [4.69, 9.17) is 42.6 Å². The van der Waals surface area contributed by atoms with Gasteiger partial charge in [-0.2, -0.15) is 0 Å². The zero-order chi connectivity index (χ0) is 35.8. The summed E-state index contributed by atoms with van der Waals surface area (Å²) in [5, 5.41) is 0. The van der Waals surface area contributed by atoms with Crippen molar-refractivity contribution in [1.29, 1.82) is 0 Å². The van der Waals surface area contributed by atoms with E-state index in [1.807, 2.05) is 141 Å². The molecule has 3 fully saturated rings.